The Balaban J connectivity index is 1.87. The minimum atomic E-state index is -1.05. The lowest BCUT2D eigenvalue weighted by atomic mass is 10.2. The topological polar surface area (TPSA) is 69.2 Å². The van der Waals surface area contributed by atoms with E-state index in [0.29, 0.717) is 17.1 Å². The van der Waals surface area contributed by atoms with Gasteiger partial charge in [0.05, 0.1) is 19.4 Å². The van der Waals surface area contributed by atoms with Crippen LogP contribution in [-0.2, 0) is 9.63 Å². The predicted molar refractivity (Wildman–Crippen MR) is 97.3 cm³/mol. The summed E-state index contributed by atoms with van der Waals surface area (Å²) in [6, 6.07) is 8.26. The van der Waals surface area contributed by atoms with Crippen LogP contribution in [0.15, 0.2) is 41.6 Å². The molecule has 8 heteroatoms. The van der Waals surface area contributed by atoms with E-state index in [0.717, 1.165) is 12.1 Å². The molecular weight excluding hydrogens is 358 g/mol. The molecule has 0 heterocycles. The number of halogens is 2. The Morgan fingerprint density at radius 1 is 1.15 bits per heavy atom. The summed E-state index contributed by atoms with van der Waals surface area (Å²) in [5.74, 6) is -1.45. The molecule has 144 valence electrons. The summed E-state index contributed by atoms with van der Waals surface area (Å²) < 4.78 is 36.8. The summed E-state index contributed by atoms with van der Waals surface area (Å²) in [6.45, 7) is 3.43. The summed E-state index contributed by atoms with van der Waals surface area (Å²) in [6.07, 6.45) is 1.42. The van der Waals surface area contributed by atoms with Crippen LogP contribution in [0, 0.1) is 11.6 Å². The minimum Gasteiger partial charge on any atom is -0.493 e. The number of hydrogen-bond acceptors (Lipinski definition) is 5. The number of methoxy groups -OCH3 is 1. The Morgan fingerprint density at radius 2 is 1.93 bits per heavy atom. The summed E-state index contributed by atoms with van der Waals surface area (Å²) in [5, 5.41) is 6.08. The highest BCUT2D eigenvalue weighted by Gasteiger charge is 2.08. The molecule has 0 saturated carbocycles. The van der Waals surface area contributed by atoms with Crippen LogP contribution in [0.25, 0.3) is 0 Å². The fourth-order valence-corrected chi connectivity index (χ4v) is 2.08. The number of hydrogen-bond donors (Lipinski definition) is 1. The highest BCUT2D eigenvalue weighted by Crippen LogP contribution is 2.28. The number of amides is 1. The van der Waals surface area contributed by atoms with E-state index in [4.69, 9.17) is 14.3 Å². The van der Waals surface area contributed by atoms with E-state index in [1.165, 1.54) is 19.4 Å². The lowest BCUT2D eigenvalue weighted by molar-refractivity contribution is -0.120. The number of anilines is 1. The molecule has 0 bridgehead atoms. The van der Waals surface area contributed by atoms with E-state index in [1.54, 1.807) is 18.2 Å². The Morgan fingerprint density at radius 3 is 2.59 bits per heavy atom. The van der Waals surface area contributed by atoms with Gasteiger partial charge < -0.3 is 19.6 Å². The Labute approximate surface area is 155 Å². The van der Waals surface area contributed by atoms with Gasteiger partial charge in [-0.2, -0.15) is 0 Å². The van der Waals surface area contributed by atoms with E-state index < -0.39 is 17.5 Å². The van der Waals surface area contributed by atoms with Crippen molar-refractivity contribution in [2.24, 2.45) is 5.16 Å². The highest BCUT2D eigenvalue weighted by molar-refractivity contribution is 5.91. The van der Waals surface area contributed by atoms with Crippen molar-refractivity contribution >= 4 is 17.8 Å². The first-order valence-electron chi connectivity index (χ1n) is 8.14. The molecule has 0 unspecified atom stereocenters. The molecular formula is C19H20F2N2O4. The molecule has 0 atom stereocenters. The molecule has 2 aromatic rings. The zero-order chi connectivity index (χ0) is 19.8. The lowest BCUT2D eigenvalue weighted by Crippen LogP contribution is -2.17. The second kappa shape index (κ2) is 9.51. The zero-order valence-corrected chi connectivity index (χ0v) is 15.2. The van der Waals surface area contributed by atoms with Gasteiger partial charge in [-0.3, -0.25) is 4.79 Å². The maximum atomic E-state index is 13.1. The third kappa shape index (κ3) is 6.25. The van der Waals surface area contributed by atoms with Crippen molar-refractivity contribution < 1.29 is 27.9 Å². The molecule has 0 saturated heterocycles. The number of carbonyl (C=O) groups excluding carboxylic acids is 1. The number of nitrogens with zero attached hydrogens (tertiary/aromatic N) is 1. The SMILES string of the molecule is COc1cc(/C=N\OCC(=O)Nc2ccc(F)c(F)c2)ccc1OC(C)C. The fourth-order valence-electron chi connectivity index (χ4n) is 2.08. The standard InChI is InChI=1S/C19H20F2N2O4/c1-12(2)27-17-7-4-13(8-18(17)25-3)10-22-26-11-19(24)23-14-5-6-15(20)16(21)9-14/h4-10,12H,11H2,1-3H3,(H,23,24)/b22-10-. The van der Waals surface area contributed by atoms with Crippen LogP contribution >= 0.6 is 0 Å². The average Bonchev–Trinajstić information content (AvgIpc) is 2.62. The first-order chi connectivity index (χ1) is 12.9. The number of nitrogens with one attached hydrogen (secondary N) is 1. The van der Waals surface area contributed by atoms with Gasteiger partial charge in [-0.1, -0.05) is 5.16 Å². The average molecular weight is 378 g/mol. The molecule has 0 aromatic heterocycles. The molecule has 0 spiro atoms. The third-order valence-corrected chi connectivity index (χ3v) is 3.23. The van der Waals surface area contributed by atoms with E-state index in [1.807, 2.05) is 13.8 Å². The van der Waals surface area contributed by atoms with Crippen LogP contribution in [0.1, 0.15) is 19.4 Å². The maximum Gasteiger partial charge on any atom is 0.265 e. The van der Waals surface area contributed by atoms with E-state index in [9.17, 15) is 13.6 Å². The molecule has 27 heavy (non-hydrogen) atoms. The van der Waals surface area contributed by atoms with Crippen molar-refractivity contribution in [1.82, 2.24) is 0 Å². The Bertz CT molecular complexity index is 825. The normalized spacial score (nSPS) is 10.9. The van der Waals surface area contributed by atoms with Gasteiger partial charge in [0.25, 0.3) is 5.91 Å². The van der Waals surface area contributed by atoms with Crippen molar-refractivity contribution in [3.63, 3.8) is 0 Å². The molecule has 0 aliphatic carbocycles. The quantitative estimate of drug-likeness (QED) is 0.561. The molecule has 2 rings (SSSR count). The lowest BCUT2D eigenvalue weighted by Gasteiger charge is -2.13. The van der Waals surface area contributed by atoms with Gasteiger partial charge in [0.15, 0.2) is 29.7 Å². The molecule has 0 radical (unpaired) electrons. The van der Waals surface area contributed by atoms with Gasteiger partial charge in [0, 0.05) is 17.3 Å². The third-order valence-electron chi connectivity index (χ3n) is 3.23. The zero-order valence-electron chi connectivity index (χ0n) is 15.2. The van der Waals surface area contributed by atoms with Crippen molar-refractivity contribution in [3.05, 3.63) is 53.6 Å². The van der Waals surface area contributed by atoms with Crippen LogP contribution in [0.5, 0.6) is 11.5 Å². The van der Waals surface area contributed by atoms with Crippen molar-refractivity contribution in [3.8, 4) is 11.5 Å². The van der Waals surface area contributed by atoms with Crippen LogP contribution in [-0.4, -0.2) is 31.9 Å². The second-order valence-electron chi connectivity index (χ2n) is 5.76. The molecule has 0 aliphatic rings. The smallest absolute Gasteiger partial charge is 0.265 e. The predicted octanol–water partition coefficient (Wildman–Crippen LogP) is 3.75. The van der Waals surface area contributed by atoms with Gasteiger partial charge in [-0.25, -0.2) is 8.78 Å². The molecule has 2 aromatic carbocycles. The van der Waals surface area contributed by atoms with E-state index in [2.05, 4.69) is 10.5 Å². The summed E-state index contributed by atoms with van der Waals surface area (Å²) in [7, 11) is 1.53. The Hall–Kier alpha value is -3.16. The molecule has 6 nitrogen and oxygen atoms in total. The first kappa shape index (κ1) is 20.2. The van der Waals surface area contributed by atoms with Gasteiger partial charge >= 0.3 is 0 Å². The maximum absolute atomic E-state index is 13.1. The van der Waals surface area contributed by atoms with E-state index in [-0.39, 0.29) is 18.4 Å². The first-order valence-corrected chi connectivity index (χ1v) is 8.14. The number of oxime groups is 1. The van der Waals surface area contributed by atoms with Crippen LogP contribution in [0.4, 0.5) is 14.5 Å². The molecule has 0 aliphatic heterocycles. The second-order valence-corrected chi connectivity index (χ2v) is 5.76. The van der Waals surface area contributed by atoms with Gasteiger partial charge in [-0.05, 0) is 44.2 Å². The van der Waals surface area contributed by atoms with Crippen LogP contribution in [0.3, 0.4) is 0 Å². The van der Waals surface area contributed by atoms with Crippen molar-refractivity contribution in [2.75, 3.05) is 19.0 Å². The number of rotatable bonds is 8. The molecule has 1 amide bonds. The van der Waals surface area contributed by atoms with Gasteiger partial charge in [-0.15, -0.1) is 0 Å². The van der Waals surface area contributed by atoms with E-state index >= 15 is 0 Å². The monoisotopic (exact) mass is 378 g/mol. The number of benzene rings is 2. The van der Waals surface area contributed by atoms with Gasteiger partial charge in [0.1, 0.15) is 0 Å². The largest absolute Gasteiger partial charge is 0.493 e. The van der Waals surface area contributed by atoms with Crippen LogP contribution in [0.2, 0.25) is 0 Å². The van der Waals surface area contributed by atoms with Gasteiger partial charge in [0.2, 0.25) is 0 Å². The molecule has 1 N–H and O–H groups in total. The number of carbonyl (C=O) groups is 1. The highest BCUT2D eigenvalue weighted by atomic mass is 19.2. The van der Waals surface area contributed by atoms with Crippen LogP contribution < -0.4 is 14.8 Å². The molecule has 0 fully saturated rings. The minimum absolute atomic E-state index is 0.00912. The number of ether oxygens (including phenoxy) is 2. The summed E-state index contributed by atoms with van der Waals surface area (Å²) in [5.41, 5.74) is 0.806. The Kier molecular flexibility index (Phi) is 7.10. The fraction of sp³-hybridized carbons (Fsp3) is 0.263. The van der Waals surface area contributed by atoms with Crippen molar-refractivity contribution in [2.45, 2.75) is 20.0 Å². The van der Waals surface area contributed by atoms with Crippen molar-refractivity contribution in [1.29, 1.82) is 0 Å². The summed E-state index contributed by atoms with van der Waals surface area (Å²) in [4.78, 5) is 16.6. The summed E-state index contributed by atoms with van der Waals surface area (Å²) >= 11 is 0.